The fourth-order valence-electron chi connectivity index (χ4n) is 3.55. The topological polar surface area (TPSA) is 104 Å². The molecule has 3 aromatic rings. The summed E-state index contributed by atoms with van der Waals surface area (Å²) in [5.41, 5.74) is 1.72. The molecule has 1 saturated heterocycles. The maximum Gasteiger partial charge on any atom is 0.303 e. The zero-order chi connectivity index (χ0) is 21.1. The van der Waals surface area contributed by atoms with E-state index in [1.165, 1.54) is 18.5 Å². The van der Waals surface area contributed by atoms with Gasteiger partial charge in [-0.1, -0.05) is 11.6 Å². The van der Waals surface area contributed by atoms with Crippen LogP contribution in [-0.2, 0) is 4.79 Å². The van der Waals surface area contributed by atoms with E-state index in [0.717, 1.165) is 25.9 Å². The molecule has 0 spiro atoms. The fourth-order valence-corrected chi connectivity index (χ4v) is 3.73. The number of carboxylic acids is 1. The van der Waals surface area contributed by atoms with Crippen LogP contribution in [0.1, 0.15) is 25.7 Å². The average molecular weight is 431 g/mol. The SMILES string of the molecule is O=C(O)CCC1CCN(c2ncc3ncnc(Nc4ccc(F)c(Cl)c4)c3n2)CC1. The first kappa shape index (κ1) is 20.2. The highest BCUT2D eigenvalue weighted by Crippen LogP contribution is 2.28. The van der Waals surface area contributed by atoms with E-state index in [2.05, 4.69) is 30.2 Å². The van der Waals surface area contributed by atoms with Gasteiger partial charge in [0.05, 0.1) is 11.2 Å². The van der Waals surface area contributed by atoms with Gasteiger partial charge in [0, 0.05) is 25.2 Å². The van der Waals surface area contributed by atoms with E-state index in [4.69, 9.17) is 16.7 Å². The number of anilines is 3. The Bertz CT molecular complexity index is 1070. The smallest absolute Gasteiger partial charge is 0.303 e. The molecule has 0 bridgehead atoms. The number of aliphatic carboxylic acids is 1. The van der Waals surface area contributed by atoms with E-state index in [1.54, 1.807) is 12.3 Å². The number of nitrogens with one attached hydrogen (secondary N) is 1. The summed E-state index contributed by atoms with van der Waals surface area (Å²) in [6, 6.07) is 4.33. The third kappa shape index (κ3) is 4.56. The number of hydrogen-bond donors (Lipinski definition) is 2. The van der Waals surface area contributed by atoms with Crippen LogP contribution in [0.2, 0.25) is 5.02 Å². The minimum Gasteiger partial charge on any atom is -0.481 e. The summed E-state index contributed by atoms with van der Waals surface area (Å²) in [6.45, 7) is 1.53. The van der Waals surface area contributed by atoms with Crippen molar-refractivity contribution < 1.29 is 14.3 Å². The molecule has 1 aliphatic rings. The number of benzene rings is 1. The lowest BCUT2D eigenvalue weighted by Gasteiger charge is -2.31. The van der Waals surface area contributed by atoms with E-state index in [1.807, 2.05) is 0 Å². The minimum absolute atomic E-state index is 0.0134. The molecule has 156 valence electrons. The van der Waals surface area contributed by atoms with Gasteiger partial charge in [0.25, 0.3) is 0 Å². The molecule has 10 heteroatoms. The molecule has 1 aliphatic heterocycles. The van der Waals surface area contributed by atoms with Crippen LogP contribution >= 0.6 is 11.6 Å². The number of aromatic nitrogens is 4. The van der Waals surface area contributed by atoms with E-state index in [-0.39, 0.29) is 11.4 Å². The Morgan fingerprint density at radius 2 is 2.07 bits per heavy atom. The van der Waals surface area contributed by atoms with Gasteiger partial charge in [-0.05, 0) is 43.4 Å². The Kier molecular flexibility index (Phi) is 5.89. The molecule has 30 heavy (non-hydrogen) atoms. The number of rotatable bonds is 6. The fraction of sp³-hybridized carbons (Fsp3) is 0.350. The van der Waals surface area contributed by atoms with Gasteiger partial charge in [-0.2, -0.15) is 0 Å². The van der Waals surface area contributed by atoms with Crippen LogP contribution in [0, 0.1) is 11.7 Å². The predicted octanol–water partition coefficient (Wildman–Crippen LogP) is 4.04. The van der Waals surface area contributed by atoms with Crippen molar-refractivity contribution >= 4 is 46.1 Å². The van der Waals surface area contributed by atoms with Gasteiger partial charge < -0.3 is 15.3 Å². The van der Waals surface area contributed by atoms with Crippen molar-refractivity contribution in [3.05, 3.63) is 41.6 Å². The summed E-state index contributed by atoms with van der Waals surface area (Å²) in [7, 11) is 0. The Morgan fingerprint density at radius 1 is 1.27 bits per heavy atom. The number of hydrogen-bond acceptors (Lipinski definition) is 7. The second-order valence-corrected chi connectivity index (χ2v) is 7.65. The van der Waals surface area contributed by atoms with E-state index >= 15 is 0 Å². The highest BCUT2D eigenvalue weighted by atomic mass is 35.5. The van der Waals surface area contributed by atoms with Gasteiger partial charge in [-0.15, -0.1) is 0 Å². The van der Waals surface area contributed by atoms with Gasteiger partial charge in [-0.25, -0.2) is 24.3 Å². The van der Waals surface area contributed by atoms with Gasteiger partial charge >= 0.3 is 5.97 Å². The highest BCUT2D eigenvalue weighted by molar-refractivity contribution is 6.31. The summed E-state index contributed by atoms with van der Waals surface area (Å²) in [4.78, 5) is 30.4. The highest BCUT2D eigenvalue weighted by Gasteiger charge is 2.22. The molecule has 2 aromatic heterocycles. The zero-order valence-corrected chi connectivity index (χ0v) is 16.8. The van der Waals surface area contributed by atoms with Crippen LogP contribution in [0.25, 0.3) is 11.0 Å². The summed E-state index contributed by atoms with van der Waals surface area (Å²) < 4.78 is 13.4. The third-order valence-electron chi connectivity index (χ3n) is 5.21. The molecule has 8 nitrogen and oxygen atoms in total. The van der Waals surface area contributed by atoms with Gasteiger partial charge in [0.2, 0.25) is 5.95 Å². The van der Waals surface area contributed by atoms with Crippen molar-refractivity contribution in [1.82, 2.24) is 19.9 Å². The van der Waals surface area contributed by atoms with E-state index in [0.29, 0.717) is 40.8 Å². The molecule has 0 amide bonds. The van der Waals surface area contributed by atoms with Crippen molar-refractivity contribution in [1.29, 1.82) is 0 Å². The lowest BCUT2D eigenvalue weighted by Crippen LogP contribution is -2.35. The average Bonchev–Trinajstić information content (AvgIpc) is 2.75. The molecule has 0 radical (unpaired) electrons. The number of fused-ring (bicyclic) bond motifs is 1. The number of nitrogens with zero attached hydrogens (tertiary/aromatic N) is 5. The maximum absolute atomic E-state index is 13.4. The Balaban J connectivity index is 1.53. The third-order valence-corrected chi connectivity index (χ3v) is 5.50. The number of piperidine rings is 1. The first-order chi connectivity index (χ1) is 14.5. The van der Waals surface area contributed by atoms with E-state index < -0.39 is 11.8 Å². The zero-order valence-electron chi connectivity index (χ0n) is 16.1. The number of carboxylic acid groups (broad SMARTS) is 1. The molecule has 1 fully saturated rings. The van der Waals surface area contributed by atoms with Crippen LogP contribution in [0.3, 0.4) is 0 Å². The normalized spacial score (nSPS) is 14.8. The van der Waals surface area contributed by atoms with E-state index in [9.17, 15) is 9.18 Å². The minimum atomic E-state index is -0.752. The van der Waals surface area contributed by atoms with Crippen molar-refractivity contribution in [3.8, 4) is 0 Å². The predicted molar refractivity (Wildman–Crippen MR) is 112 cm³/mol. The lowest BCUT2D eigenvalue weighted by molar-refractivity contribution is -0.137. The Morgan fingerprint density at radius 3 is 2.80 bits per heavy atom. The molecule has 3 heterocycles. The second kappa shape index (κ2) is 8.74. The van der Waals surface area contributed by atoms with Crippen LogP contribution in [0.5, 0.6) is 0 Å². The number of halogens is 2. The summed E-state index contributed by atoms with van der Waals surface area (Å²) in [6.07, 6.45) is 5.77. The van der Waals surface area contributed by atoms with Crippen LogP contribution < -0.4 is 10.2 Å². The first-order valence-electron chi connectivity index (χ1n) is 9.66. The van der Waals surface area contributed by atoms with Crippen LogP contribution in [0.15, 0.2) is 30.7 Å². The monoisotopic (exact) mass is 430 g/mol. The van der Waals surface area contributed by atoms with Crippen molar-refractivity contribution in [3.63, 3.8) is 0 Å². The van der Waals surface area contributed by atoms with Gasteiger partial charge in [0.1, 0.15) is 23.2 Å². The molecule has 0 atom stereocenters. The summed E-state index contributed by atoms with van der Waals surface area (Å²) in [5.74, 6) is 0.210. The molecule has 0 saturated carbocycles. The molecule has 0 unspecified atom stereocenters. The van der Waals surface area contributed by atoms with Crippen molar-refractivity contribution in [2.75, 3.05) is 23.3 Å². The maximum atomic E-state index is 13.4. The largest absolute Gasteiger partial charge is 0.481 e. The summed E-state index contributed by atoms with van der Waals surface area (Å²) in [5, 5.41) is 12.0. The molecule has 0 aliphatic carbocycles. The van der Waals surface area contributed by atoms with Crippen molar-refractivity contribution in [2.45, 2.75) is 25.7 Å². The van der Waals surface area contributed by atoms with Crippen LogP contribution in [-0.4, -0.2) is 44.1 Å². The first-order valence-corrected chi connectivity index (χ1v) is 10.0. The van der Waals surface area contributed by atoms with Gasteiger partial charge in [-0.3, -0.25) is 4.79 Å². The molecule has 4 rings (SSSR count). The Hall–Kier alpha value is -3.07. The molecular weight excluding hydrogens is 411 g/mol. The molecule has 2 N–H and O–H groups in total. The summed E-state index contributed by atoms with van der Waals surface area (Å²) >= 11 is 5.86. The lowest BCUT2D eigenvalue weighted by atomic mass is 9.92. The van der Waals surface area contributed by atoms with Gasteiger partial charge in [0.15, 0.2) is 5.82 Å². The molecular formula is C20H20ClFN6O2. The standard InChI is InChI=1S/C20H20ClFN6O2/c21-14-9-13(2-3-15(14)22)26-19-18-16(24-11-25-19)10-23-20(27-18)28-7-5-12(6-8-28)1-4-17(29)30/h2-3,9-12H,1,4-8H2,(H,29,30)(H,24,25,26). The second-order valence-electron chi connectivity index (χ2n) is 7.24. The number of carbonyl (C=O) groups is 1. The molecule has 1 aromatic carbocycles. The Labute approximate surface area is 177 Å². The van der Waals surface area contributed by atoms with Crippen LogP contribution in [0.4, 0.5) is 21.8 Å². The quantitative estimate of drug-likeness (QED) is 0.603. The van der Waals surface area contributed by atoms with Crippen molar-refractivity contribution in [2.24, 2.45) is 5.92 Å².